The molecule has 4 nitrogen and oxygen atoms in total. The summed E-state index contributed by atoms with van der Waals surface area (Å²) in [6.07, 6.45) is 0. The molecular weight excluding hydrogens is 271 g/mol. The van der Waals surface area contributed by atoms with Crippen molar-refractivity contribution in [3.63, 3.8) is 0 Å². The highest BCUT2D eigenvalue weighted by Gasteiger charge is 2.13. The van der Waals surface area contributed by atoms with Gasteiger partial charge in [-0.25, -0.2) is 4.39 Å². The summed E-state index contributed by atoms with van der Waals surface area (Å²) < 4.78 is 20.7. The van der Waals surface area contributed by atoms with E-state index in [2.05, 4.69) is 5.10 Å². The van der Waals surface area contributed by atoms with Crippen molar-refractivity contribution in [3.8, 4) is 5.75 Å². The molecule has 2 aromatic rings. The topological polar surface area (TPSA) is 47.3 Å². The maximum absolute atomic E-state index is 13.7. The van der Waals surface area contributed by atoms with Gasteiger partial charge in [0.2, 0.25) is 0 Å². The van der Waals surface area contributed by atoms with Gasteiger partial charge < -0.3 is 9.84 Å². The quantitative estimate of drug-likeness (QED) is 0.939. The van der Waals surface area contributed by atoms with Crippen molar-refractivity contribution in [2.45, 2.75) is 20.1 Å². The van der Waals surface area contributed by atoms with E-state index in [4.69, 9.17) is 21.4 Å². The van der Waals surface area contributed by atoms with Crippen LogP contribution in [0.3, 0.4) is 0 Å². The number of rotatable bonds is 4. The maximum Gasteiger partial charge on any atom is 0.165 e. The van der Waals surface area contributed by atoms with Gasteiger partial charge >= 0.3 is 0 Å². The molecular formula is C13H14ClFN2O2. The van der Waals surface area contributed by atoms with Gasteiger partial charge in [0.25, 0.3) is 0 Å². The Labute approximate surface area is 115 Å². The molecule has 2 rings (SSSR count). The number of aliphatic hydroxyl groups excluding tert-OH is 1. The average Bonchev–Trinajstić information content (AvgIpc) is 2.62. The molecule has 0 saturated heterocycles. The first-order valence-corrected chi connectivity index (χ1v) is 6.10. The molecule has 0 aliphatic heterocycles. The van der Waals surface area contributed by atoms with Crippen molar-refractivity contribution in [1.82, 2.24) is 9.78 Å². The lowest BCUT2D eigenvalue weighted by molar-refractivity contribution is 0.273. The molecule has 1 aromatic carbocycles. The third kappa shape index (κ3) is 2.88. The van der Waals surface area contributed by atoms with Gasteiger partial charge in [-0.3, -0.25) is 4.68 Å². The van der Waals surface area contributed by atoms with Crippen LogP contribution in [0.1, 0.15) is 17.0 Å². The van der Waals surface area contributed by atoms with Gasteiger partial charge in [-0.1, -0.05) is 17.7 Å². The summed E-state index contributed by atoms with van der Waals surface area (Å²) in [6, 6.07) is 4.33. The smallest absolute Gasteiger partial charge is 0.165 e. The predicted octanol–water partition coefficient (Wildman–Crippen LogP) is 2.59. The molecule has 0 saturated carbocycles. The van der Waals surface area contributed by atoms with Gasteiger partial charge in [-0.2, -0.15) is 5.10 Å². The van der Waals surface area contributed by atoms with Crippen molar-refractivity contribution < 1.29 is 14.2 Å². The van der Waals surface area contributed by atoms with Gasteiger partial charge in [0.1, 0.15) is 6.61 Å². The molecule has 1 aromatic heterocycles. The molecule has 0 aliphatic rings. The average molecular weight is 285 g/mol. The minimum absolute atomic E-state index is 0.118. The number of ether oxygens (including phenoxy) is 1. The van der Waals surface area contributed by atoms with Crippen LogP contribution in [-0.4, -0.2) is 14.9 Å². The molecule has 0 radical (unpaired) electrons. The number of aliphatic hydroxyl groups is 1. The highest BCUT2D eigenvalue weighted by Crippen LogP contribution is 2.23. The Morgan fingerprint density at radius 3 is 2.74 bits per heavy atom. The van der Waals surface area contributed by atoms with Gasteiger partial charge in [0.15, 0.2) is 11.6 Å². The Morgan fingerprint density at radius 1 is 1.47 bits per heavy atom. The van der Waals surface area contributed by atoms with Gasteiger partial charge in [0, 0.05) is 7.05 Å². The maximum atomic E-state index is 13.7. The summed E-state index contributed by atoms with van der Waals surface area (Å²) in [5.74, 6) is -0.395. The highest BCUT2D eigenvalue weighted by molar-refractivity contribution is 6.31. The zero-order chi connectivity index (χ0) is 14.0. The number of nitrogens with zero attached hydrogens (tertiary/aromatic N) is 2. The van der Waals surface area contributed by atoms with Gasteiger partial charge in [-0.05, 0) is 24.6 Å². The van der Waals surface area contributed by atoms with Crippen LogP contribution in [0, 0.1) is 12.7 Å². The monoisotopic (exact) mass is 284 g/mol. The fourth-order valence-electron chi connectivity index (χ4n) is 1.74. The molecule has 19 heavy (non-hydrogen) atoms. The molecule has 0 unspecified atom stereocenters. The van der Waals surface area contributed by atoms with Crippen LogP contribution < -0.4 is 4.74 Å². The van der Waals surface area contributed by atoms with E-state index in [-0.39, 0.29) is 19.0 Å². The first-order chi connectivity index (χ1) is 9.02. The molecule has 0 atom stereocenters. The molecule has 1 heterocycles. The summed E-state index contributed by atoms with van der Waals surface area (Å²) in [5, 5.41) is 13.6. The second-order valence-corrected chi connectivity index (χ2v) is 4.56. The SMILES string of the molecule is Cc1nn(C)c(COc2ccc(CO)cc2F)c1Cl. The minimum atomic E-state index is -0.512. The van der Waals surface area contributed by atoms with Gasteiger partial charge in [0.05, 0.1) is 23.0 Å². The fraction of sp³-hybridized carbons (Fsp3) is 0.308. The van der Waals surface area contributed by atoms with E-state index < -0.39 is 5.82 Å². The fourth-order valence-corrected chi connectivity index (χ4v) is 1.96. The normalized spacial score (nSPS) is 10.8. The lowest BCUT2D eigenvalue weighted by Gasteiger charge is -2.08. The molecule has 0 spiro atoms. The Morgan fingerprint density at radius 2 is 2.21 bits per heavy atom. The Hall–Kier alpha value is -1.59. The first kappa shape index (κ1) is 13.8. The third-order valence-corrected chi connectivity index (χ3v) is 3.30. The van der Waals surface area contributed by atoms with Crippen LogP contribution in [-0.2, 0) is 20.3 Å². The van der Waals surface area contributed by atoms with Crippen molar-refractivity contribution in [3.05, 3.63) is 46.0 Å². The Kier molecular flexibility index (Phi) is 4.07. The summed E-state index contributed by atoms with van der Waals surface area (Å²) >= 11 is 6.08. The lowest BCUT2D eigenvalue weighted by atomic mass is 10.2. The molecule has 6 heteroatoms. The third-order valence-electron chi connectivity index (χ3n) is 2.80. The Balaban J connectivity index is 2.14. The van der Waals surface area contributed by atoms with Crippen molar-refractivity contribution in [1.29, 1.82) is 0 Å². The predicted molar refractivity (Wildman–Crippen MR) is 69.6 cm³/mol. The molecule has 0 fully saturated rings. The number of aryl methyl sites for hydroxylation is 2. The molecule has 0 aliphatic carbocycles. The van der Waals surface area contributed by atoms with Crippen LogP contribution in [0.25, 0.3) is 0 Å². The molecule has 102 valence electrons. The number of aromatic nitrogens is 2. The van der Waals surface area contributed by atoms with E-state index in [1.54, 1.807) is 24.7 Å². The molecule has 1 N–H and O–H groups in total. The summed E-state index contributed by atoms with van der Waals surface area (Å²) in [5.41, 5.74) is 1.89. The summed E-state index contributed by atoms with van der Waals surface area (Å²) in [7, 11) is 1.75. The van der Waals surface area contributed by atoms with Crippen molar-refractivity contribution >= 4 is 11.6 Å². The lowest BCUT2D eigenvalue weighted by Crippen LogP contribution is -2.04. The summed E-state index contributed by atoms with van der Waals surface area (Å²) in [6.45, 7) is 1.72. The zero-order valence-corrected chi connectivity index (χ0v) is 11.4. The number of benzene rings is 1. The number of halogens is 2. The van der Waals surface area contributed by atoms with E-state index in [1.807, 2.05) is 0 Å². The van der Waals surface area contributed by atoms with Crippen molar-refractivity contribution in [2.24, 2.45) is 7.05 Å². The van der Waals surface area contributed by atoms with E-state index in [0.29, 0.717) is 22.0 Å². The largest absolute Gasteiger partial charge is 0.484 e. The van der Waals surface area contributed by atoms with Crippen LogP contribution in [0.5, 0.6) is 5.75 Å². The second-order valence-electron chi connectivity index (χ2n) is 4.18. The first-order valence-electron chi connectivity index (χ1n) is 5.73. The van der Waals surface area contributed by atoms with E-state index in [0.717, 1.165) is 0 Å². The van der Waals surface area contributed by atoms with Crippen LogP contribution in [0.4, 0.5) is 4.39 Å². The number of hydrogen-bond donors (Lipinski definition) is 1. The van der Waals surface area contributed by atoms with Gasteiger partial charge in [-0.15, -0.1) is 0 Å². The molecule has 0 bridgehead atoms. The van der Waals surface area contributed by atoms with E-state index >= 15 is 0 Å². The zero-order valence-electron chi connectivity index (χ0n) is 10.7. The van der Waals surface area contributed by atoms with Crippen LogP contribution >= 0.6 is 11.6 Å². The Bertz CT molecular complexity index is 599. The van der Waals surface area contributed by atoms with E-state index in [9.17, 15) is 4.39 Å². The summed E-state index contributed by atoms with van der Waals surface area (Å²) in [4.78, 5) is 0. The standard InChI is InChI=1S/C13H14ClFN2O2/c1-8-13(14)11(17(2)16-8)7-19-12-4-3-9(6-18)5-10(12)15/h3-5,18H,6-7H2,1-2H3. The molecule has 0 amide bonds. The van der Waals surface area contributed by atoms with Crippen molar-refractivity contribution in [2.75, 3.05) is 0 Å². The highest BCUT2D eigenvalue weighted by atomic mass is 35.5. The van der Waals surface area contributed by atoms with Crippen LogP contribution in [0.2, 0.25) is 5.02 Å². The minimum Gasteiger partial charge on any atom is -0.484 e. The number of hydrogen-bond acceptors (Lipinski definition) is 3. The van der Waals surface area contributed by atoms with E-state index in [1.165, 1.54) is 12.1 Å². The second kappa shape index (κ2) is 5.59. The van der Waals surface area contributed by atoms with Crippen LogP contribution in [0.15, 0.2) is 18.2 Å².